The van der Waals surface area contributed by atoms with Crippen molar-refractivity contribution in [2.24, 2.45) is 0 Å². The van der Waals surface area contributed by atoms with Crippen molar-refractivity contribution >= 4 is 23.4 Å². The Labute approximate surface area is 201 Å². The minimum absolute atomic E-state index is 0.0697. The summed E-state index contributed by atoms with van der Waals surface area (Å²) in [6, 6.07) is 16.1. The molecule has 1 unspecified atom stereocenters. The van der Waals surface area contributed by atoms with Crippen molar-refractivity contribution in [2.45, 2.75) is 71.2 Å². The Kier molecular flexibility index (Phi) is 8.19. The second-order valence-electron chi connectivity index (χ2n) is 9.01. The molecule has 3 rings (SSSR count). The number of benzene rings is 2. The summed E-state index contributed by atoms with van der Waals surface area (Å²) in [5.74, 6) is 1.73. The van der Waals surface area contributed by atoms with E-state index in [1.54, 1.807) is 0 Å². The quantitative estimate of drug-likeness (QED) is 0.390. The van der Waals surface area contributed by atoms with Crippen molar-refractivity contribution in [3.63, 3.8) is 0 Å². The van der Waals surface area contributed by atoms with Crippen molar-refractivity contribution in [1.82, 2.24) is 14.8 Å². The van der Waals surface area contributed by atoms with E-state index < -0.39 is 0 Å². The van der Waals surface area contributed by atoms with Gasteiger partial charge in [0.05, 0.1) is 5.75 Å². The Hall–Kier alpha value is -2.80. The molecule has 0 aliphatic carbocycles. The van der Waals surface area contributed by atoms with Gasteiger partial charge in [0.25, 0.3) is 0 Å². The number of carbonyl (C=O) groups is 1. The predicted molar refractivity (Wildman–Crippen MR) is 135 cm³/mol. The Bertz CT molecular complexity index is 1050. The Morgan fingerprint density at radius 3 is 2.30 bits per heavy atom. The molecule has 0 radical (unpaired) electrons. The van der Waals surface area contributed by atoms with Crippen molar-refractivity contribution in [3.8, 4) is 5.75 Å². The van der Waals surface area contributed by atoms with Crippen LogP contribution in [0.1, 0.15) is 64.6 Å². The first-order valence-electron chi connectivity index (χ1n) is 11.4. The molecule has 0 bridgehead atoms. The van der Waals surface area contributed by atoms with Gasteiger partial charge in [-0.3, -0.25) is 4.79 Å². The number of aromatic nitrogens is 3. The maximum absolute atomic E-state index is 12.4. The maximum Gasteiger partial charge on any atom is 0.234 e. The van der Waals surface area contributed by atoms with Crippen molar-refractivity contribution in [1.29, 1.82) is 0 Å². The number of nitrogens with zero attached hydrogens (tertiary/aromatic N) is 3. The summed E-state index contributed by atoms with van der Waals surface area (Å²) in [5, 5.41) is 12.3. The second kappa shape index (κ2) is 10.9. The van der Waals surface area contributed by atoms with Gasteiger partial charge in [0.1, 0.15) is 5.75 Å². The van der Waals surface area contributed by atoms with Crippen LogP contribution in [0.2, 0.25) is 0 Å². The number of anilines is 1. The van der Waals surface area contributed by atoms with Gasteiger partial charge in [0.15, 0.2) is 17.1 Å². The van der Waals surface area contributed by atoms with Gasteiger partial charge < -0.3 is 14.6 Å². The molecule has 6 nitrogen and oxygen atoms in total. The van der Waals surface area contributed by atoms with E-state index in [0.29, 0.717) is 11.7 Å². The zero-order chi connectivity index (χ0) is 24.0. The van der Waals surface area contributed by atoms with Crippen LogP contribution < -0.4 is 10.1 Å². The first-order chi connectivity index (χ1) is 15.7. The molecule has 1 N–H and O–H groups in total. The lowest BCUT2D eigenvalue weighted by molar-refractivity contribution is -0.113. The van der Waals surface area contributed by atoms with Crippen molar-refractivity contribution in [3.05, 3.63) is 65.5 Å². The van der Waals surface area contributed by atoms with E-state index >= 15 is 0 Å². The van der Waals surface area contributed by atoms with Crippen molar-refractivity contribution < 1.29 is 9.53 Å². The standard InChI is InChI=1S/C26H34N4O2S/c1-7-19-9-13-21(14-10-19)27-23(31)17-33-25-29-28-24(30(25)8-2)18(3)32-22-15-11-20(12-16-22)26(4,5)6/h9-16,18H,7-8,17H2,1-6H3,(H,27,31). The average molecular weight is 467 g/mol. The van der Waals surface area contributed by atoms with Gasteiger partial charge in [0.2, 0.25) is 5.91 Å². The van der Waals surface area contributed by atoms with E-state index in [0.717, 1.165) is 23.7 Å². The zero-order valence-corrected chi connectivity index (χ0v) is 21.2. The van der Waals surface area contributed by atoms with E-state index in [4.69, 9.17) is 4.74 Å². The highest BCUT2D eigenvalue weighted by Crippen LogP contribution is 2.28. The Morgan fingerprint density at radius 1 is 1.06 bits per heavy atom. The maximum atomic E-state index is 12.4. The zero-order valence-electron chi connectivity index (χ0n) is 20.4. The van der Waals surface area contributed by atoms with Crippen LogP contribution in [0.25, 0.3) is 0 Å². The van der Waals surface area contributed by atoms with Gasteiger partial charge in [-0.2, -0.15) is 0 Å². The Balaban J connectivity index is 1.60. The molecule has 176 valence electrons. The number of hydrogen-bond acceptors (Lipinski definition) is 5. The molecule has 0 spiro atoms. The SMILES string of the molecule is CCc1ccc(NC(=O)CSc2nnc(C(C)Oc3ccc(C(C)(C)C)cc3)n2CC)cc1. The largest absolute Gasteiger partial charge is 0.483 e. The third-order valence-electron chi connectivity index (χ3n) is 5.44. The number of thioether (sulfide) groups is 1. The number of amides is 1. The molecule has 33 heavy (non-hydrogen) atoms. The molecular formula is C26H34N4O2S. The molecule has 7 heteroatoms. The van der Waals surface area contributed by atoms with E-state index in [1.807, 2.05) is 54.8 Å². The van der Waals surface area contributed by atoms with Gasteiger partial charge in [-0.1, -0.05) is 63.7 Å². The molecule has 1 aromatic heterocycles. The predicted octanol–water partition coefficient (Wildman–Crippen LogP) is 6.03. The van der Waals surface area contributed by atoms with Crippen molar-refractivity contribution in [2.75, 3.05) is 11.1 Å². The molecule has 0 aliphatic heterocycles. The molecule has 3 aromatic rings. The minimum Gasteiger partial charge on any atom is -0.483 e. The van der Waals surface area contributed by atoms with Gasteiger partial charge in [-0.25, -0.2) is 0 Å². The summed E-state index contributed by atoms with van der Waals surface area (Å²) in [6.07, 6.45) is 0.710. The number of rotatable bonds is 9. The molecule has 1 atom stereocenters. The second-order valence-corrected chi connectivity index (χ2v) is 9.95. The van der Waals surface area contributed by atoms with E-state index in [2.05, 4.69) is 55.3 Å². The van der Waals surface area contributed by atoms with Crippen LogP contribution >= 0.6 is 11.8 Å². The molecule has 1 amide bonds. The van der Waals surface area contributed by atoms with Crippen LogP contribution in [-0.2, 0) is 23.2 Å². The normalized spacial score (nSPS) is 12.4. The van der Waals surface area contributed by atoms with E-state index in [1.165, 1.54) is 22.9 Å². The van der Waals surface area contributed by atoms with Gasteiger partial charge in [0, 0.05) is 12.2 Å². The molecule has 0 aliphatic rings. The topological polar surface area (TPSA) is 69.0 Å². The molecule has 0 saturated heterocycles. The van der Waals surface area contributed by atoms with E-state index in [9.17, 15) is 4.79 Å². The van der Waals surface area contributed by atoms with Crippen LogP contribution in [0.3, 0.4) is 0 Å². The van der Waals surface area contributed by atoms with Gasteiger partial charge >= 0.3 is 0 Å². The fourth-order valence-electron chi connectivity index (χ4n) is 3.45. The van der Waals surface area contributed by atoms with Crippen LogP contribution in [0.5, 0.6) is 5.75 Å². The summed E-state index contributed by atoms with van der Waals surface area (Å²) in [6.45, 7) is 13.4. The smallest absolute Gasteiger partial charge is 0.234 e. The van der Waals surface area contributed by atoms with Gasteiger partial charge in [-0.15, -0.1) is 10.2 Å². The Morgan fingerprint density at radius 2 is 1.73 bits per heavy atom. The lowest BCUT2D eigenvalue weighted by Gasteiger charge is -2.20. The lowest BCUT2D eigenvalue weighted by Crippen LogP contribution is -2.15. The lowest BCUT2D eigenvalue weighted by atomic mass is 9.87. The number of hydrogen-bond donors (Lipinski definition) is 1. The monoisotopic (exact) mass is 466 g/mol. The summed E-state index contributed by atoms with van der Waals surface area (Å²) in [5.41, 5.74) is 3.41. The summed E-state index contributed by atoms with van der Waals surface area (Å²) in [4.78, 5) is 12.4. The number of ether oxygens (including phenoxy) is 1. The third-order valence-corrected chi connectivity index (χ3v) is 6.40. The van der Waals surface area contributed by atoms with Crippen LogP contribution in [0.15, 0.2) is 53.7 Å². The number of carbonyl (C=O) groups excluding carboxylic acids is 1. The molecule has 1 heterocycles. The van der Waals surface area contributed by atoms with Crippen LogP contribution in [0.4, 0.5) is 5.69 Å². The first-order valence-corrected chi connectivity index (χ1v) is 12.4. The van der Waals surface area contributed by atoms with Gasteiger partial charge in [-0.05, 0) is 61.1 Å². The molecule has 2 aromatic carbocycles. The average Bonchev–Trinajstić information content (AvgIpc) is 3.21. The molecule has 0 saturated carbocycles. The highest BCUT2D eigenvalue weighted by molar-refractivity contribution is 7.99. The minimum atomic E-state index is -0.266. The summed E-state index contributed by atoms with van der Waals surface area (Å²) < 4.78 is 8.14. The highest BCUT2D eigenvalue weighted by atomic mass is 32.2. The number of nitrogens with one attached hydrogen (secondary N) is 1. The summed E-state index contributed by atoms with van der Waals surface area (Å²) in [7, 11) is 0. The summed E-state index contributed by atoms with van der Waals surface area (Å²) >= 11 is 1.38. The fourth-order valence-corrected chi connectivity index (χ4v) is 4.26. The van der Waals surface area contributed by atoms with E-state index in [-0.39, 0.29) is 23.2 Å². The highest BCUT2D eigenvalue weighted by Gasteiger charge is 2.20. The van der Waals surface area contributed by atoms with Crippen LogP contribution in [-0.4, -0.2) is 26.4 Å². The molecular weight excluding hydrogens is 432 g/mol. The number of aryl methyl sites for hydroxylation is 1. The first kappa shape index (κ1) is 24.8. The molecule has 0 fully saturated rings. The third kappa shape index (κ3) is 6.60. The van der Waals surface area contributed by atoms with Crippen LogP contribution in [0, 0.1) is 0 Å². The fraction of sp³-hybridized carbons (Fsp3) is 0.423.